The van der Waals surface area contributed by atoms with Crippen molar-refractivity contribution < 1.29 is 9.13 Å². The van der Waals surface area contributed by atoms with Gasteiger partial charge >= 0.3 is 0 Å². The van der Waals surface area contributed by atoms with Gasteiger partial charge in [-0.15, -0.1) is 0 Å². The molecule has 0 unspecified atom stereocenters. The highest BCUT2D eigenvalue weighted by molar-refractivity contribution is 5.96. The molecule has 0 saturated heterocycles. The van der Waals surface area contributed by atoms with Crippen LogP contribution in [0, 0.1) is 11.7 Å². The number of hydrogen-bond donors (Lipinski definition) is 2. The predicted molar refractivity (Wildman–Crippen MR) is 112 cm³/mol. The van der Waals surface area contributed by atoms with E-state index in [4.69, 9.17) is 10.5 Å². The van der Waals surface area contributed by atoms with Crippen LogP contribution < -0.4 is 21.9 Å². The molecule has 0 bridgehead atoms. The fraction of sp³-hybridized carbons (Fsp3) is 0.364. The first-order chi connectivity index (χ1) is 13.6. The molecule has 7 heteroatoms. The first-order valence-corrected chi connectivity index (χ1v) is 9.72. The highest BCUT2D eigenvalue weighted by Crippen LogP contribution is 2.34. The van der Waals surface area contributed by atoms with Crippen LogP contribution in [0.4, 0.5) is 10.2 Å². The third-order valence-electron chi connectivity index (χ3n) is 5.55. The molecule has 3 radical (unpaired) electrons. The summed E-state index contributed by atoms with van der Waals surface area (Å²) >= 11 is 0. The van der Waals surface area contributed by atoms with E-state index in [-0.39, 0.29) is 12.0 Å². The van der Waals surface area contributed by atoms with E-state index in [2.05, 4.69) is 15.3 Å². The third kappa shape index (κ3) is 4.63. The van der Waals surface area contributed by atoms with Crippen molar-refractivity contribution in [1.82, 2.24) is 16.1 Å². The van der Waals surface area contributed by atoms with Crippen LogP contribution in [0.2, 0.25) is 0 Å². The van der Waals surface area contributed by atoms with Crippen LogP contribution in [-0.2, 0) is 0 Å². The highest BCUT2D eigenvalue weighted by Gasteiger charge is 2.19. The fourth-order valence-corrected chi connectivity index (χ4v) is 3.87. The van der Waals surface area contributed by atoms with Gasteiger partial charge in [0.2, 0.25) is 0 Å². The molecule has 6 nitrogen and oxygen atoms in total. The van der Waals surface area contributed by atoms with Gasteiger partial charge in [-0.2, -0.15) is 0 Å². The summed E-state index contributed by atoms with van der Waals surface area (Å²) in [6.07, 6.45) is 6.00. The maximum atomic E-state index is 13.3. The number of rotatable bonds is 5. The summed E-state index contributed by atoms with van der Waals surface area (Å²) in [7, 11) is 1.63. The van der Waals surface area contributed by atoms with Gasteiger partial charge in [-0.05, 0) is 67.0 Å². The van der Waals surface area contributed by atoms with E-state index in [0.717, 1.165) is 60.1 Å². The molecule has 29 heavy (non-hydrogen) atoms. The molecule has 1 heterocycles. The zero-order valence-corrected chi connectivity index (χ0v) is 16.4. The number of benzene rings is 2. The second-order valence-electron chi connectivity index (χ2n) is 7.47. The van der Waals surface area contributed by atoms with Gasteiger partial charge in [0.15, 0.2) is 0 Å². The molecular weight excluding hydrogens is 369 g/mol. The van der Waals surface area contributed by atoms with Crippen LogP contribution in [0.15, 0.2) is 42.7 Å². The second kappa shape index (κ2) is 9.15. The summed E-state index contributed by atoms with van der Waals surface area (Å²) in [6.45, 7) is 0.863. The summed E-state index contributed by atoms with van der Waals surface area (Å²) in [5.41, 5.74) is 8.62. The first kappa shape index (κ1) is 21.0. The van der Waals surface area contributed by atoms with Gasteiger partial charge < -0.3 is 15.8 Å². The van der Waals surface area contributed by atoms with Crippen molar-refractivity contribution in [3.05, 3.63) is 48.5 Å². The Hall–Kier alpha value is -2.77. The molecule has 151 valence electrons. The molecule has 2 aromatic carbocycles. The summed E-state index contributed by atoms with van der Waals surface area (Å²) < 4.78 is 18.9. The average molecular weight is 394 g/mol. The molecule has 0 spiro atoms. The number of aromatic nitrogens is 2. The monoisotopic (exact) mass is 394 g/mol. The quantitative estimate of drug-likeness (QED) is 0.683. The molecule has 1 aliphatic rings. The van der Waals surface area contributed by atoms with Gasteiger partial charge in [-0.25, -0.2) is 14.4 Å². The van der Waals surface area contributed by atoms with Crippen LogP contribution in [0.3, 0.4) is 0 Å². The normalized spacial score (nSPS) is 18.9. The summed E-state index contributed by atoms with van der Waals surface area (Å²) in [5, 5.41) is 4.40. The molecule has 0 amide bonds. The molecular formula is C22H25FN5O. The molecule has 0 atom stereocenters. The number of fused-ring (bicyclic) bond motifs is 1. The van der Waals surface area contributed by atoms with Crippen LogP contribution >= 0.6 is 0 Å². The zero-order valence-electron chi connectivity index (χ0n) is 16.4. The minimum Gasteiger partial charge on any atom is -0.494 e. The lowest BCUT2D eigenvalue weighted by molar-refractivity contribution is 0.338. The average Bonchev–Trinajstić information content (AvgIpc) is 2.73. The molecule has 0 aliphatic heterocycles. The largest absolute Gasteiger partial charge is 0.494 e. The Kier molecular flexibility index (Phi) is 6.61. The fourth-order valence-electron chi connectivity index (χ4n) is 3.87. The Balaban J connectivity index is 0.00000240. The number of anilines is 1. The maximum absolute atomic E-state index is 13.3. The Morgan fingerprint density at radius 3 is 2.48 bits per heavy atom. The van der Waals surface area contributed by atoms with E-state index >= 15 is 0 Å². The zero-order chi connectivity index (χ0) is 19.5. The van der Waals surface area contributed by atoms with Crippen LogP contribution in [0.25, 0.3) is 22.0 Å². The summed E-state index contributed by atoms with van der Waals surface area (Å²) in [4.78, 5) is 8.88. The van der Waals surface area contributed by atoms with E-state index in [1.807, 2.05) is 12.1 Å². The number of ether oxygens (including phenoxy) is 1. The van der Waals surface area contributed by atoms with Crippen molar-refractivity contribution in [2.45, 2.75) is 31.7 Å². The van der Waals surface area contributed by atoms with Crippen LogP contribution in [0.1, 0.15) is 25.7 Å². The van der Waals surface area contributed by atoms with E-state index in [9.17, 15) is 4.39 Å². The summed E-state index contributed by atoms with van der Waals surface area (Å²) in [6, 6.07) is 10.7. The predicted octanol–water partition coefficient (Wildman–Crippen LogP) is 3.89. The summed E-state index contributed by atoms with van der Waals surface area (Å²) in [5.74, 6) is 1.81. The Morgan fingerprint density at radius 1 is 1.07 bits per heavy atom. The molecule has 4 rings (SSSR count). The molecule has 3 aromatic rings. The lowest BCUT2D eigenvalue weighted by Crippen LogP contribution is -2.29. The van der Waals surface area contributed by atoms with E-state index < -0.39 is 0 Å². The minimum absolute atomic E-state index is 0. The lowest BCUT2D eigenvalue weighted by atomic mass is 9.86. The van der Waals surface area contributed by atoms with Crippen molar-refractivity contribution in [2.24, 2.45) is 11.7 Å². The number of nitrogens with zero attached hydrogens (tertiary/aromatic N) is 3. The maximum Gasteiger partial charge on any atom is 0.145 e. The highest BCUT2D eigenvalue weighted by atomic mass is 19.1. The minimum atomic E-state index is -0.255. The van der Waals surface area contributed by atoms with Crippen molar-refractivity contribution in [3.63, 3.8) is 0 Å². The van der Waals surface area contributed by atoms with Crippen LogP contribution in [-0.4, -0.2) is 29.7 Å². The van der Waals surface area contributed by atoms with Crippen molar-refractivity contribution in [1.29, 1.82) is 0 Å². The van der Waals surface area contributed by atoms with Gasteiger partial charge in [0.05, 0.1) is 7.11 Å². The lowest BCUT2D eigenvalue weighted by Gasteiger charge is -2.26. The number of methoxy groups -OCH3 is 1. The van der Waals surface area contributed by atoms with Crippen molar-refractivity contribution >= 4 is 16.7 Å². The van der Waals surface area contributed by atoms with Gasteiger partial charge in [0.1, 0.15) is 29.2 Å². The van der Waals surface area contributed by atoms with E-state index in [1.54, 1.807) is 25.6 Å². The Bertz CT molecular complexity index is 955. The number of nitrogens with two attached hydrogens (primary N) is 1. The topological polar surface area (TPSA) is 104 Å². The van der Waals surface area contributed by atoms with Crippen LogP contribution in [0.5, 0.6) is 5.75 Å². The molecule has 1 saturated carbocycles. The number of hydrogen-bond acceptors (Lipinski definition) is 5. The van der Waals surface area contributed by atoms with Crippen molar-refractivity contribution in [2.75, 3.05) is 19.0 Å². The van der Waals surface area contributed by atoms with E-state index in [1.165, 1.54) is 12.1 Å². The molecule has 3 N–H and O–H groups in total. The smallest absolute Gasteiger partial charge is 0.145 e. The Morgan fingerprint density at radius 2 is 1.79 bits per heavy atom. The molecule has 1 aromatic heterocycles. The third-order valence-corrected chi connectivity index (χ3v) is 5.55. The number of halogens is 1. The van der Waals surface area contributed by atoms with E-state index in [0.29, 0.717) is 17.7 Å². The molecule has 1 fully saturated rings. The first-order valence-electron chi connectivity index (χ1n) is 9.72. The molecule has 1 aliphatic carbocycles. The number of nitrogens with one attached hydrogen (secondary N) is 1. The van der Waals surface area contributed by atoms with Crippen molar-refractivity contribution in [3.8, 4) is 16.9 Å². The van der Waals surface area contributed by atoms with Gasteiger partial charge in [0.25, 0.3) is 0 Å². The second-order valence-corrected chi connectivity index (χ2v) is 7.47. The van der Waals surface area contributed by atoms with Gasteiger partial charge in [-0.1, -0.05) is 12.1 Å². The van der Waals surface area contributed by atoms with Gasteiger partial charge in [0, 0.05) is 24.1 Å². The SMILES string of the molecule is COc1cc(-c2ccc(F)cc2)cc2c(NCC3CCC(N)CC3)ncnc12.[N]. The van der Waals surface area contributed by atoms with Gasteiger partial charge in [-0.3, -0.25) is 0 Å². The Labute approximate surface area is 170 Å². The standard InChI is InChI=1S/C22H25FN4O.N/c1-28-20-11-16(15-4-6-17(23)7-5-15)10-19-21(20)26-13-27-22(19)25-12-14-2-8-18(24)9-3-14;/h4-7,10-11,13-14,18H,2-3,8-9,12,24H2,1H3,(H,25,26,27);.